The third kappa shape index (κ3) is 3.23. The van der Waals surface area contributed by atoms with Crippen LogP contribution in [0.1, 0.15) is 41.1 Å². The van der Waals surface area contributed by atoms with Crippen LogP contribution in [0.3, 0.4) is 0 Å². The predicted molar refractivity (Wildman–Crippen MR) is 98.7 cm³/mol. The van der Waals surface area contributed by atoms with Crippen LogP contribution < -0.4 is 5.32 Å². The number of rotatable bonds is 4. The van der Waals surface area contributed by atoms with E-state index in [0.29, 0.717) is 22.6 Å². The first-order valence-corrected chi connectivity index (χ1v) is 10.8. The van der Waals surface area contributed by atoms with Crippen LogP contribution in [0.15, 0.2) is 0 Å². The zero-order valence-electron chi connectivity index (χ0n) is 17.7. The summed E-state index contributed by atoms with van der Waals surface area (Å²) < 4.78 is 158. The Bertz CT molecular complexity index is 1020. The number of alkyl halides is 11. The topological polar surface area (TPSA) is 55.4 Å². The van der Waals surface area contributed by atoms with E-state index in [0.717, 1.165) is 5.32 Å². The van der Waals surface area contributed by atoms with Crippen LogP contribution in [0.4, 0.5) is 53.3 Å². The lowest BCUT2D eigenvalue weighted by atomic mass is 9.71. The van der Waals surface area contributed by atoms with Crippen LogP contribution in [0.5, 0.6) is 0 Å². The zero-order valence-corrected chi connectivity index (χ0v) is 18.5. The third-order valence-electron chi connectivity index (χ3n) is 5.97. The molecule has 198 valence electrons. The SMILES string of the molecule is CCOC(=O)c1c(NC(=O)C2(F)C(F)(F)C(F)(F)C(F)(F)C(F)(F)C2(F)F)sc2c1CCC(C)C2. The molecule has 0 spiro atoms. The van der Waals surface area contributed by atoms with Crippen LogP contribution >= 0.6 is 11.3 Å². The minimum atomic E-state index is -7.43. The molecule has 0 saturated heterocycles. The summed E-state index contributed by atoms with van der Waals surface area (Å²) in [6.45, 7) is 2.82. The van der Waals surface area contributed by atoms with E-state index < -0.39 is 57.7 Å². The Labute approximate surface area is 193 Å². The molecular weight excluding hydrogens is 531 g/mol. The number of hydrogen-bond acceptors (Lipinski definition) is 4. The lowest BCUT2D eigenvalue weighted by molar-refractivity contribution is -0.475. The molecular formula is C19H16F11NO3S. The van der Waals surface area contributed by atoms with Gasteiger partial charge in [-0.2, -0.15) is 43.9 Å². The van der Waals surface area contributed by atoms with Gasteiger partial charge < -0.3 is 10.1 Å². The molecule has 4 nitrogen and oxygen atoms in total. The second kappa shape index (κ2) is 7.93. The summed E-state index contributed by atoms with van der Waals surface area (Å²) in [7, 11) is 0. The molecule has 1 fully saturated rings. The summed E-state index contributed by atoms with van der Waals surface area (Å²) in [4.78, 5) is 25.0. The van der Waals surface area contributed by atoms with Crippen LogP contribution in [0.2, 0.25) is 0 Å². The van der Waals surface area contributed by atoms with E-state index in [4.69, 9.17) is 4.74 Å². The molecule has 2 aliphatic rings. The summed E-state index contributed by atoms with van der Waals surface area (Å²) >= 11 is 0.398. The van der Waals surface area contributed by atoms with Gasteiger partial charge in [0.15, 0.2) is 0 Å². The van der Waals surface area contributed by atoms with E-state index in [2.05, 4.69) is 0 Å². The molecule has 1 atom stereocenters. The van der Waals surface area contributed by atoms with Crippen molar-refractivity contribution in [3.63, 3.8) is 0 Å². The van der Waals surface area contributed by atoms with E-state index in [9.17, 15) is 53.5 Å². The molecule has 1 aromatic heterocycles. The Morgan fingerprint density at radius 1 is 0.914 bits per heavy atom. The number of thiophene rings is 1. The van der Waals surface area contributed by atoms with Gasteiger partial charge in [0, 0.05) is 4.88 Å². The number of amides is 1. The first-order valence-electron chi connectivity index (χ1n) is 9.95. The molecule has 35 heavy (non-hydrogen) atoms. The molecule has 1 unspecified atom stereocenters. The predicted octanol–water partition coefficient (Wildman–Crippen LogP) is 5.89. The number of carbonyl (C=O) groups excluding carboxylic acids is 2. The van der Waals surface area contributed by atoms with Gasteiger partial charge in [-0.25, -0.2) is 9.18 Å². The van der Waals surface area contributed by atoms with Crippen LogP contribution in [-0.2, 0) is 22.4 Å². The highest BCUT2D eigenvalue weighted by molar-refractivity contribution is 7.17. The average Bonchev–Trinajstić information content (AvgIpc) is 3.08. The van der Waals surface area contributed by atoms with Gasteiger partial charge in [0.1, 0.15) is 5.00 Å². The summed E-state index contributed by atoms with van der Waals surface area (Å²) in [5.41, 5.74) is -7.28. The summed E-state index contributed by atoms with van der Waals surface area (Å²) in [5, 5.41) is 0.162. The summed E-state index contributed by atoms with van der Waals surface area (Å²) in [6, 6.07) is 0. The lowest BCUT2D eigenvalue weighted by Gasteiger charge is -2.51. The second-order valence-corrected chi connectivity index (χ2v) is 9.37. The molecule has 1 amide bonds. The van der Waals surface area contributed by atoms with Crippen LogP contribution in [0, 0.1) is 5.92 Å². The maximum Gasteiger partial charge on any atom is 0.384 e. The molecule has 0 aliphatic heterocycles. The Morgan fingerprint density at radius 2 is 1.40 bits per heavy atom. The van der Waals surface area contributed by atoms with Crippen molar-refractivity contribution in [3.05, 3.63) is 16.0 Å². The van der Waals surface area contributed by atoms with Gasteiger partial charge in [-0.15, -0.1) is 11.3 Å². The van der Waals surface area contributed by atoms with Crippen molar-refractivity contribution in [3.8, 4) is 0 Å². The van der Waals surface area contributed by atoms with Gasteiger partial charge in [-0.05, 0) is 37.7 Å². The van der Waals surface area contributed by atoms with Crippen molar-refractivity contribution < 1.29 is 62.6 Å². The van der Waals surface area contributed by atoms with Gasteiger partial charge in [-0.1, -0.05) is 6.92 Å². The number of halogens is 11. The van der Waals surface area contributed by atoms with Gasteiger partial charge in [0.2, 0.25) is 0 Å². The molecule has 0 aromatic carbocycles. The standard InChI is InChI=1S/C19H16F11NO3S/c1-3-34-12(32)10-8-5-4-7(2)6-9(8)35-11(10)31-13(33)14(20)15(21,22)17(25,26)19(29,30)18(27,28)16(14,23)24/h7H,3-6H2,1-2H3,(H,31,33). The first kappa shape index (κ1) is 27.5. The maximum absolute atomic E-state index is 15.1. The molecule has 1 heterocycles. The van der Waals surface area contributed by atoms with Crippen molar-refractivity contribution in [1.29, 1.82) is 0 Å². The van der Waals surface area contributed by atoms with E-state index in [-0.39, 0.29) is 30.9 Å². The fourth-order valence-corrected chi connectivity index (χ4v) is 5.35. The largest absolute Gasteiger partial charge is 0.462 e. The Hall–Kier alpha value is -2.13. The number of hydrogen-bond donors (Lipinski definition) is 1. The number of esters is 1. The number of anilines is 1. The normalized spacial score (nSPS) is 26.9. The molecule has 0 bridgehead atoms. The highest BCUT2D eigenvalue weighted by atomic mass is 32.1. The van der Waals surface area contributed by atoms with Crippen molar-refractivity contribution in [2.75, 3.05) is 11.9 Å². The molecule has 1 N–H and O–H groups in total. The number of ether oxygens (including phenoxy) is 1. The Morgan fingerprint density at radius 3 is 1.89 bits per heavy atom. The van der Waals surface area contributed by atoms with Crippen LogP contribution in [-0.4, -0.2) is 53.8 Å². The lowest BCUT2D eigenvalue weighted by Crippen LogP contribution is -2.86. The van der Waals surface area contributed by atoms with Crippen LogP contribution in [0.25, 0.3) is 0 Å². The molecule has 16 heteroatoms. The highest BCUT2D eigenvalue weighted by Gasteiger charge is 3.02. The quantitative estimate of drug-likeness (QED) is 0.378. The minimum absolute atomic E-state index is 0.0149. The summed E-state index contributed by atoms with van der Waals surface area (Å²) in [6.07, 6.45) is 0.810. The third-order valence-corrected chi connectivity index (χ3v) is 7.14. The first-order chi connectivity index (χ1) is 15.7. The molecule has 1 aromatic rings. The Balaban J connectivity index is 2.17. The van der Waals surface area contributed by atoms with Crippen molar-refractivity contribution in [1.82, 2.24) is 0 Å². The van der Waals surface area contributed by atoms with E-state index >= 15 is 4.39 Å². The van der Waals surface area contributed by atoms with Gasteiger partial charge >= 0.3 is 41.3 Å². The number of nitrogens with one attached hydrogen (secondary N) is 1. The number of fused-ring (bicyclic) bond motifs is 1. The van der Waals surface area contributed by atoms with Gasteiger partial charge in [0.05, 0.1) is 12.2 Å². The highest BCUT2D eigenvalue weighted by Crippen LogP contribution is 2.69. The van der Waals surface area contributed by atoms with Gasteiger partial charge in [-0.3, -0.25) is 4.79 Å². The average molecular weight is 547 g/mol. The Kier molecular flexibility index (Phi) is 6.22. The smallest absolute Gasteiger partial charge is 0.384 e. The molecule has 1 saturated carbocycles. The number of carbonyl (C=O) groups is 2. The van der Waals surface area contributed by atoms with Crippen molar-refractivity contribution in [2.45, 2.75) is 68.4 Å². The fourth-order valence-electron chi connectivity index (χ4n) is 3.95. The van der Waals surface area contributed by atoms with E-state index in [1.54, 1.807) is 6.92 Å². The second-order valence-electron chi connectivity index (χ2n) is 8.26. The maximum atomic E-state index is 15.1. The van der Waals surface area contributed by atoms with E-state index in [1.165, 1.54) is 6.92 Å². The van der Waals surface area contributed by atoms with Gasteiger partial charge in [0.25, 0.3) is 5.91 Å². The molecule has 0 radical (unpaired) electrons. The van der Waals surface area contributed by atoms with Crippen molar-refractivity contribution >= 4 is 28.2 Å². The monoisotopic (exact) mass is 547 g/mol. The fraction of sp³-hybridized carbons (Fsp3) is 0.684. The van der Waals surface area contributed by atoms with Crippen molar-refractivity contribution in [2.24, 2.45) is 5.92 Å². The molecule has 3 rings (SSSR count). The minimum Gasteiger partial charge on any atom is -0.462 e. The summed E-state index contributed by atoms with van der Waals surface area (Å²) in [5.74, 6) is -41.6. The van der Waals surface area contributed by atoms with E-state index in [1.807, 2.05) is 0 Å². The molecule has 2 aliphatic carbocycles. The zero-order chi connectivity index (χ0) is 27.0.